The van der Waals surface area contributed by atoms with Gasteiger partial charge >= 0.3 is 0 Å². The van der Waals surface area contributed by atoms with E-state index < -0.39 is 0 Å². The number of benzene rings is 1. The zero-order valence-corrected chi connectivity index (χ0v) is 11.6. The first kappa shape index (κ1) is 12.2. The molecule has 1 fully saturated rings. The van der Waals surface area contributed by atoms with E-state index in [1.807, 2.05) is 12.1 Å². The summed E-state index contributed by atoms with van der Waals surface area (Å²) < 4.78 is 2.41. The van der Waals surface area contributed by atoms with E-state index in [4.69, 9.17) is 10.2 Å². The molecule has 0 spiro atoms. The van der Waals surface area contributed by atoms with Crippen molar-refractivity contribution in [2.45, 2.75) is 51.5 Å². The van der Waals surface area contributed by atoms with Crippen LogP contribution in [0.4, 0.5) is 0 Å². The van der Waals surface area contributed by atoms with Crippen molar-refractivity contribution in [3.05, 3.63) is 29.6 Å². The third kappa shape index (κ3) is 2.12. The summed E-state index contributed by atoms with van der Waals surface area (Å²) >= 11 is 0. The minimum absolute atomic E-state index is 0.489. The van der Waals surface area contributed by atoms with Gasteiger partial charge in [-0.3, -0.25) is 0 Å². The molecule has 1 saturated carbocycles. The van der Waals surface area contributed by atoms with E-state index in [9.17, 15) is 0 Å². The Morgan fingerprint density at radius 3 is 2.89 bits per heavy atom. The zero-order chi connectivity index (χ0) is 13.4. The van der Waals surface area contributed by atoms with Crippen LogP contribution in [-0.2, 0) is 0 Å². The molecule has 0 bridgehead atoms. The van der Waals surface area contributed by atoms with E-state index in [-0.39, 0.29) is 0 Å². The minimum Gasteiger partial charge on any atom is -0.325 e. The average molecular weight is 253 g/mol. The van der Waals surface area contributed by atoms with Crippen LogP contribution in [-0.4, -0.2) is 9.55 Å². The number of hydrogen-bond donors (Lipinski definition) is 0. The van der Waals surface area contributed by atoms with Crippen LogP contribution < -0.4 is 0 Å². The number of rotatable bonds is 4. The van der Waals surface area contributed by atoms with Crippen LogP contribution in [0.5, 0.6) is 0 Å². The van der Waals surface area contributed by atoms with Crippen LogP contribution in [0.1, 0.15) is 62.9 Å². The van der Waals surface area contributed by atoms with E-state index in [2.05, 4.69) is 30.6 Å². The van der Waals surface area contributed by atoms with Crippen molar-refractivity contribution in [1.82, 2.24) is 9.55 Å². The van der Waals surface area contributed by atoms with Gasteiger partial charge in [-0.25, -0.2) is 4.98 Å². The molecule has 0 radical (unpaired) electrons. The second kappa shape index (κ2) is 4.70. The quantitative estimate of drug-likeness (QED) is 0.821. The smallest absolute Gasteiger partial charge is 0.112 e. The molecule has 3 rings (SSSR count). The van der Waals surface area contributed by atoms with Crippen LogP contribution in [0.2, 0.25) is 0 Å². The van der Waals surface area contributed by atoms with E-state index in [0.29, 0.717) is 17.5 Å². The highest BCUT2D eigenvalue weighted by Gasteiger charge is 2.29. The minimum atomic E-state index is 0.489. The normalized spacial score (nSPS) is 16.5. The summed E-state index contributed by atoms with van der Waals surface area (Å²) in [6, 6.07) is 8.70. The summed E-state index contributed by atoms with van der Waals surface area (Å²) in [5.41, 5.74) is 2.87. The average Bonchev–Trinajstić information content (AvgIpc) is 3.18. The molecule has 1 unspecified atom stereocenters. The molecule has 2 aromatic rings. The number of fused-ring (bicyclic) bond motifs is 1. The molecule has 3 nitrogen and oxygen atoms in total. The van der Waals surface area contributed by atoms with Crippen molar-refractivity contribution in [2.75, 3.05) is 0 Å². The van der Waals surface area contributed by atoms with Crippen molar-refractivity contribution in [3.8, 4) is 6.07 Å². The van der Waals surface area contributed by atoms with Gasteiger partial charge in [0.05, 0.1) is 22.7 Å². The first-order chi connectivity index (χ1) is 9.24. The second-order valence-electron chi connectivity index (χ2n) is 5.58. The molecular weight excluding hydrogens is 234 g/mol. The van der Waals surface area contributed by atoms with Gasteiger partial charge < -0.3 is 4.57 Å². The standard InChI is InChI=1S/C16H19N3/c1-3-4-11(2)16-18-14-9-12(10-17)5-8-15(14)19(16)13-6-7-13/h5,8-9,11,13H,3-4,6-7H2,1-2H3. The summed E-state index contributed by atoms with van der Waals surface area (Å²) in [7, 11) is 0. The number of nitrogens with zero attached hydrogens (tertiary/aromatic N) is 3. The molecule has 3 heteroatoms. The first-order valence-electron chi connectivity index (χ1n) is 7.16. The van der Waals surface area contributed by atoms with Gasteiger partial charge in [0.1, 0.15) is 5.82 Å². The van der Waals surface area contributed by atoms with Gasteiger partial charge in [-0.2, -0.15) is 5.26 Å². The van der Waals surface area contributed by atoms with Gasteiger partial charge in [0.15, 0.2) is 0 Å². The van der Waals surface area contributed by atoms with Gasteiger partial charge in [0.25, 0.3) is 0 Å². The van der Waals surface area contributed by atoms with Gasteiger partial charge in [-0.15, -0.1) is 0 Å². The van der Waals surface area contributed by atoms with E-state index in [0.717, 1.165) is 5.52 Å². The van der Waals surface area contributed by atoms with E-state index in [1.54, 1.807) is 0 Å². The monoisotopic (exact) mass is 253 g/mol. The Morgan fingerprint density at radius 1 is 1.47 bits per heavy atom. The van der Waals surface area contributed by atoms with Crippen LogP contribution >= 0.6 is 0 Å². The lowest BCUT2D eigenvalue weighted by Gasteiger charge is -2.13. The van der Waals surface area contributed by atoms with Crippen molar-refractivity contribution in [3.63, 3.8) is 0 Å². The SMILES string of the molecule is CCCC(C)c1nc2cc(C#N)ccc2n1C1CC1. The zero-order valence-electron chi connectivity index (χ0n) is 11.6. The Balaban J connectivity index is 2.15. The highest BCUT2D eigenvalue weighted by atomic mass is 15.1. The predicted molar refractivity (Wildman–Crippen MR) is 76.0 cm³/mol. The topological polar surface area (TPSA) is 41.6 Å². The molecule has 1 aliphatic carbocycles. The molecule has 1 aromatic carbocycles. The van der Waals surface area contributed by atoms with Crippen LogP contribution in [0.3, 0.4) is 0 Å². The Kier molecular flexibility index (Phi) is 3.02. The highest BCUT2D eigenvalue weighted by molar-refractivity contribution is 5.78. The van der Waals surface area contributed by atoms with Crippen molar-refractivity contribution in [2.24, 2.45) is 0 Å². The first-order valence-corrected chi connectivity index (χ1v) is 7.16. The van der Waals surface area contributed by atoms with E-state index >= 15 is 0 Å². The summed E-state index contributed by atoms with van der Waals surface area (Å²) in [6.45, 7) is 4.48. The molecule has 0 aliphatic heterocycles. The number of nitriles is 1. The van der Waals surface area contributed by atoms with E-state index in [1.165, 1.54) is 37.0 Å². The van der Waals surface area contributed by atoms with Crippen molar-refractivity contribution < 1.29 is 0 Å². The molecule has 0 N–H and O–H groups in total. The molecule has 1 heterocycles. The highest BCUT2D eigenvalue weighted by Crippen LogP contribution is 2.40. The molecule has 19 heavy (non-hydrogen) atoms. The Hall–Kier alpha value is -1.82. The second-order valence-corrected chi connectivity index (χ2v) is 5.58. The summed E-state index contributed by atoms with van der Waals surface area (Å²) in [5, 5.41) is 9.00. The molecule has 1 atom stereocenters. The third-order valence-corrected chi connectivity index (χ3v) is 3.92. The number of aromatic nitrogens is 2. The van der Waals surface area contributed by atoms with Crippen LogP contribution in [0, 0.1) is 11.3 Å². The van der Waals surface area contributed by atoms with Crippen molar-refractivity contribution in [1.29, 1.82) is 5.26 Å². The van der Waals surface area contributed by atoms with Crippen molar-refractivity contribution >= 4 is 11.0 Å². The molecular formula is C16H19N3. The largest absolute Gasteiger partial charge is 0.325 e. The lowest BCUT2D eigenvalue weighted by molar-refractivity contribution is 0.580. The van der Waals surface area contributed by atoms with Gasteiger partial charge in [0.2, 0.25) is 0 Å². The maximum Gasteiger partial charge on any atom is 0.112 e. The maximum absolute atomic E-state index is 9.00. The maximum atomic E-state index is 9.00. The molecule has 0 amide bonds. The van der Waals surface area contributed by atoms with Gasteiger partial charge in [-0.05, 0) is 37.5 Å². The summed E-state index contributed by atoms with van der Waals surface area (Å²) in [6.07, 6.45) is 4.87. The van der Waals surface area contributed by atoms with Gasteiger partial charge in [0, 0.05) is 12.0 Å². The Bertz CT molecular complexity index is 644. The lowest BCUT2D eigenvalue weighted by Crippen LogP contribution is -2.05. The van der Waals surface area contributed by atoms with Crippen LogP contribution in [0.25, 0.3) is 11.0 Å². The predicted octanol–water partition coefficient (Wildman–Crippen LogP) is 4.15. The molecule has 1 aromatic heterocycles. The fourth-order valence-corrected chi connectivity index (χ4v) is 2.81. The summed E-state index contributed by atoms with van der Waals surface area (Å²) in [4.78, 5) is 4.81. The molecule has 98 valence electrons. The van der Waals surface area contributed by atoms with Crippen LogP contribution in [0.15, 0.2) is 18.2 Å². The fraction of sp³-hybridized carbons (Fsp3) is 0.500. The summed E-state index contributed by atoms with van der Waals surface area (Å²) in [5.74, 6) is 1.69. The number of hydrogen-bond acceptors (Lipinski definition) is 2. The third-order valence-electron chi connectivity index (χ3n) is 3.92. The molecule has 0 saturated heterocycles. The molecule has 1 aliphatic rings. The Morgan fingerprint density at radius 2 is 2.26 bits per heavy atom. The Labute approximate surface area is 113 Å². The lowest BCUT2D eigenvalue weighted by atomic mass is 10.1. The van der Waals surface area contributed by atoms with Gasteiger partial charge in [-0.1, -0.05) is 20.3 Å². The number of imidazole rings is 1. The fourth-order valence-electron chi connectivity index (χ4n) is 2.81.